The third-order valence-electron chi connectivity index (χ3n) is 6.64. The van der Waals surface area contributed by atoms with Crippen LogP contribution in [0, 0.1) is 26.2 Å². The largest absolute Gasteiger partial charge is 0.308 e. The summed E-state index contributed by atoms with van der Waals surface area (Å²) < 4.78 is 2.53. The van der Waals surface area contributed by atoms with Crippen LogP contribution in [-0.2, 0) is 6.42 Å². The van der Waals surface area contributed by atoms with Crippen molar-refractivity contribution in [2.75, 3.05) is 0 Å². The summed E-state index contributed by atoms with van der Waals surface area (Å²) in [6.07, 6.45) is 3.03. The van der Waals surface area contributed by atoms with Crippen LogP contribution in [0.15, 0.2) is 48.7 Å². The highest BCUT2D eigenvalue weighted by Gasteiger charge is 2.24. The first kappa shape index (κ1) is 18.6. The molecule has 0 saturated heterocycles. The summed E-state index contributed by atoms with van der Waals surface area (Å²) in [5.74, 6) is 0. The maximum absolute atomic E-state index is 4.92. The van der Waals surface area contributed by atoms with Crippen molar-refractivity contribution in [3.8, 4) is 0 Å². The molecule has 0 amide bonds. The molecule has 0 fully saturated rings. The highest BCUT2D eigenvalue weighted by Crippen LogP contribution is 2.44. The smallest absolute Gasteiger partial charge is 0.0822 e. The molecule has 2 nitrogen and oxygen atoms in total. The first-order valence-electron chi connectivity index (χ1n) is 11.2. The Morgan fingerprint density at radius 3 is 2.35 bits per heavy atom. The Morgan fingerprint density at radius 2 is 1.58 bits per heavy atom. The molecule has 0 N–H and O–H groups in total. The van der Waals surface area contributed by atoms with Crippen molar-refractivity contribution in [3.05, 3.63) is 70.9 Å². The van der Waals surface area contributed by atoms with Gasteiger partial charge in [-0.2, -0.15) is 0 Å². The predicted molar refractivity (Wildman–Crippen MR) is 134 cm³/mol. The van der Waals surface area contributed by atoms with Crippen molar-refractivity contribution in [2.45, 2.75) is 48.0 Å². The molecule has 6 aromatic rings. The SMILES string of the molecule is Cc1ccc2c(c1)c1c(CC(C)(C)C)cc3ccnc4c5cc(C)cc(C)c5n2c1c34. The minimum absolute atomic E-state index is 0.212. The van der Waals surface area contributed by atoms with E-state index >= 15 is 0 Å². The Balaban J connectivity index is 2.02. The summed E-state index contributed by atoms with van der Waals surface area (Å²) >= 11 is 0. The van der Waals surface area contributed by atoms with Crippen LogP contribution in [0.4, 0.5) is 0 Å². The topological polar surface area (TPSA) is 17.3 Å². The molecule has 3 heterocycles. The number of pyridine rings is 2. The zero-order valence-electron chi connectivity index (χ0n) is 19.2. The molecule has 3 aromatic carbocycles. The molecule has 6 rings (SSSR count). The first-order chi connectivity index (χ1) is 14.7. The maximum atomic E-state index is 4.92. The van der Waals surface area contributed by atoms with E-state index in [2.05, 4.69) is 88.4 Å². The van der Waals surface area contributed by atoms with Gasteiger partial charge in [0.1, 0.15) is 0 Å². The van der Waals surface area contributed by atoms with Crippen LogP contribution in [0.1, 0.15) is 43.0 Å². The summed E-state index contributed by atoms with van der Waals surface area (Å²) in [6.45, 7) is 13.6. The Kier molecular flexibility index (Phi) is 3.59. The number of rotatable bonds is 1. The van der Waals surface area contributed by atoms with Gasteiger partial charge in [0.25, 0.3) is 0 Å². The standard InChI is InChI=1S/C29H28N2/c1-16-7-8-23-21(12-16)24-20(15-29(4,5)6)14-19-9-10-30-26-22-13-17(2)11-18(3)27(22)31(23)28(24)25(19)26/h7-14H,15H2,1-6H3. The van der Waals surface area contributed by atoms with Crippen LogP contribution in [-0.4, -0.2) is 9.38 Å². The summed E-state index contributed by atoms with van der Waals surface area (Å²) in [7, 11) is 0. The number of benzene rings is 3. The van der Waals surface area contributed by atoms with Gasteiger partial charge < -0.3 is 4.40 Å². The van der Waals surface area contributed by atoms with Crippen molar-refractivity contribution in [2.24, 2.45) is 5.41 Å². The number of fused-ring (bicyclic) bond motifs is 6. The molecule has 0 aliphatic rings. The summed E-state index contributed by atoms with van der Waals surface area (Å²) in [5, 5.41) is 6.60. The lowest BCUT2D eigenvalue weighted by atomic mass is 9.85. The molecule has 0 saturated carbocycles. The Labute approximate surface area is 182 Å². The average molecular weight is 405 g/mol. The number of nitrogens with zero attached hydrogens (tertiary/aromatic N) is 2. The number of aryl methyl sites for hydroxylation is 3. The van der Waals surface area contributed by atoms with E-state index in [-0.39, 0.29) is 5.41 Å². The Hall–Kier alpha value is -3.13. The second-order valence-electron chi connectivity index (χ2n) is 10.6. The van der Waals surface area contributed by atoms with E-state index < -0.39 is 0 Å². The Bertz CT molecular complexity index is 1660. The van der Waals surface area contributed by atoms with E-state index in [0.29, 0.717) is 0 Å². The zero-order valence-corrected chi connectivity index (χ0v) is 19.2. The van der Waals surface area contributed by atoms with Gasteiger partial charge in [-0.15, -0.1) is 0 Å². The molecule has 0 aliphatic carbocycles. The second-order valence-corrected chi connectivity index (χ2v) is 10.6. The van der Waals surface area contributed by atoms with Gasteiger partial charge in [0.2, 0.25) is 0 Å². The molecule has 2 heteroatoms. The van der Waals surface area contributed by atoms with E-state index in [1.165, 1.54) is 65.7 Å². The van der Waals surface area contributed by atoms with Gasteiger partial charge in [-0.3, -0.25) is 4.98 Å². The molecular formula is C29H28N2. The number of aromatic nitrogens is 2. The molecule has 0 unspecified atom stereocenters. The fourth-order valence-electron chi connectivity index (χ4n) is 5.66. The summed E-state index contributed by atoms with van der Waals surface area (Å²) in [4.78, 5) is 4.92. The molecule has 0 radical (unpaired) electrons. The molecule has 31 heavy (non-hydrogen) atoms. The van der Waals surface area contributed by atoms with Gasteiger partial charge in [0, 0.05) is 27.7 Å². The fourth-order valence-corrected chi connectivity index (χ4v) is 5.66. The lowest BCUT2D eigenvalue weighted by Gasteiger charge is -2.21. The fraction of sp³-hybridized carbons (Fsp3) is 0.276. The monoisotopic (exact) mass is 404 g/mol. The Morgan fingerprint density at radius 1 is 0.806 bits per heavy atom. The van der Waals surface area contributed by atoms with Crippen molar-refractivity contribution in [1.29, 1.82) is 0 Å². The minimum Gasteiger partial charge on any atom is -0.308 e. The summed E-state index contributed by atoms with van der Waals surface area (Å²) in [6, 6.07) is 16.1. The molecule has 154 valence electrons. The van der Waals surface area contributed by atoms with Gasteiger partial charge in [0.15, 0.2) is 0 Å². The van der Waals surface area contributed by atoms with Crippen molar-refractivity contribution in [1.82, 2.24) is 9.38 Å². The van der Waals surface area contributed by atoms with E-state index in [4.69, 9.17) is 4.98 Å². The van der Waals surface area contributed by atoms with Gasteiger partial charge in [0.05, 0.1) is 22.1 Å². The van der Waals surface area contributed by atoms with E-state index in [1.807, 2.05) is 6.20 Å². The molecular weight excluding hydrogens is 376 g/mol. The van der Waals surface area contributed by atoms with Gasteiger partial charge in [-0.1, -0.05) is 50.1 Å². The van der Waals surface area contributed by atoms with Crippen molar-refractivity contribution in [3.63, 3.8) is 0 Å². The van der Waals surface area contributed by atoms with Crippen LogP contribution >= 0.6 is 0 Å². The summed E-state index contributed by atoms with van der Waals surface area (Å²) in [5.41, 5.74) is 10.6. The van der Waals surface area contributed by atoms with E-state index in [1.54, 1.807) is 0 Å². The third-order valence-corrected chi connectivity index (χ3v) is 6.64. The quantitative estimate of drug-likeness (QED) is 0.201. The lowest BCUT2D eigenvalue weighted by Crippen LogP contribution is -2.09. The van der Waals surface area contributed by atoms with Gasteiger partial charge >= 0.3 is 0 Å². The van der Waals surface area contributed by atoms with Crippen molar-refractivity contribution >= 4 is 49.0 Å². The lowest BCUT2D eigenvalue weighted by molar-refractivity contribution is 0.413. The average Bonchev–Trinajstić information content (AvgIpc) is 3.01. The maximum Gasteiger partial charge on any atom is 0.0822 e. The van der Waals surface area contributed by atoms with Crippen LogP contribution in [0.25, 0.3) is 49.0 Å². The second kappa shape index (κ2) is 5.97. The highest BCUT2D eigenvalue weighted by molar-refractivity contribution is 6.28. The van der Waals surface area contributed by atoms with Crippen LogP contribution in [0.3, 0.4) is 0 Å². The van der Waals surface area contributed by atoms with E-state index in [9.17, 15) is 0 Å². The van der Waals surface area contributed by atoms with Gasteiger partial charge in [-0.05, 0) is 73.4 Å². The third kappa shape index (κ3) is 2.54. The molecule has 0 spiro atoms. The first-order valence-corrected chi connectivity index (χ1v) is 11.2. The predicted octanol–water partition coefficient (Wildman–Crippen LogP) is 7.90. The van der Waals surface area contributed by atoms with Crippen LogP contribution < -0.4 is 0 Å². The molecule has 0 bridgehead atoms. The van der Waals surface area contributed by atoms with Gasteiger partial charge in [-0.25, -0.2) is 0 Å². The number of hydrogen-bond acceptors (Lipinski definition) is 1. The molecule has 0 atom stereocenters. The van der Waals surface area contributed by atoms with Crippen LogP contribution in [0.2, 0.25) is 0 Å². The molecule has 3 aromatic heterocycles. The van der Waals surface area contributed by atoms with Crippen LogP contribution in [0.5, 0.6) is 0 Å². The zero-order chi connectivity index (χ0) is 21.7. The number of hydrogen-bond donors (Lipinski definition) is 0. The van der Waals surface area contributed by atoms with E-state index in [0.717, 1.165) is 11.9 Å². The minimum atomic E-state index is 0.212. The van der Waals surface area contributed by atoms with Crippen molar-refractivity contribution < 1.29 is 0 Å². The molecule has 0 aliphatic heterocycles. The normalized spacial score (nSPS) is 13.0. The highest BCUT2D eigenvalue weighted by atomic mass is 14.9.